The average Bonchev–Trinajstić information content (AvgIpc) is 2.55. The maximum absolute atomic E-state index is 12.4. The maximum Gasteiger partial charge on any atom is 0.350 e. The molecule has 0 saturated heterocycles. The molecular formula is C20H28O6. The van der Waals surface area contributed by atoms with Crippen molar-refractivity contribution in [3.8, 4) is 5.75 Å². The monoisotopic (exact) mass is 364 g/mol. The summed E-state index contributed by atoms with van der Waals surface area (Å²) < 4.78 is 10.7. The Bertz CT molecular complexity index is 714. The van der Waals surface area contributed by atoms with Crippen LogP contribution in [-0.4, -0.2) is 17.5 Å². The first-order chi connectivity index (χ1) is 12.4. The molecule has 6 nitrogen and oxygen atoms in total. The number of aryl methyl sites for hydroxylation is 1. The molecule has 0 atom stereocenters. The molecule has 0 saturated carbocycles. The third kappa shape index (κ3) is 5.64. The number of carbonyl (C=O) groups is 3. The highest BCUT2D eigenvalue weighted by Crippen LogP contribution is 2.28. The van der Waals surface area contributed by atoms with Crippen LogP contribution in [0.2, 0.25) is 0 Å². The first kappa shape index (κ1) is 21.8. The summed E-state index contributed by atoms with van der Waals surface area (Å²) in [5.74, 6) is -0.997. The Morgan fingerprint density at radius 3 is 2.15 bits per heavy atom. The molecule has 0 aromatic carbocycles. The van der Waals surface area contributed by atoms with Crippen molar-refractivity contribution >= 4 is 17.5 Å². The number of Topliss-reactive ketones (excluding diaryl/α,β-unsaturated/α-hetero) is 2. The Hall–Kier alpha value is -2.24. The van der Waals surface area contributed by atoms with Crippen molar-refractivity contribution in [2.24, 2.45) is 0 Å². The summed E-state index contributed by atoms with van der Waals surface area (Å²) in [7, 11) is 0. The lowest BCUT2D eigenvalue weighted by molar-refractivity contribution is -0.138. The lowest BCUT2D eigenvalue weighted by Crippen LogP contribution is -2.23. The van der Waals surface area contributed by atoms with Crippen molar-refractivity contribution in [1.82, 2.24) is 0 Å². The number of esters is 1. The standard InChI is InChI=1S/C20H28O6/c1-5-9-13(21)12-17(23)26-19-14(8-4)16(11-7-3)25-20(24)18(19)15(22)10-6-2/h5-12H2,1-4H3. The van der Waals surface area contributed by atoms with Gasteiger partial charge in [0.1, 0.15) is 23.5 Å². The molecule has 1 rings (SSSR count). The quantitative estimate of drug-likeness (QED) is 0.337. The van der Waals surface area contributed by atoms with Crippen LogP contribution >= 0.6 is 0 Å². The van der Waals surface area contributed by atoms with Crippen molar-refractivity contribution in [2.75, 3.05) is 0 Å². The van der Waals surface area contributed by atoms with E-state index in [-0.39, 0.29) is 36.4 Å². The van der Waals surface area contributed by atoms with Gasteiger partial charge in [0.25, 0.3) is 0 Å². The molecule has 1 aromatic rings. The SMILES string of the molecule is CCCC(=O)CC(=O)Oc1c(CC)c(CCC)oc(=O)c1C(=O)CCC. The maximum atomic E-state index is 12.4. The van der Waals surface area contributed by atoms with Crippen LogP contribution in [0.25, 0.3) is 0 Å². The van der Waals surface area contributed by atoms with Crippen LogP contribution in [0, 0.1) is 0 Å². The van der Waals surface area contributed by atoms with Gasteiger partial charge in [-0.25, -0.2) is 4.79 Å². The average molecular weight is 364 g/mol. The Morgan fingerprint density at radius 2 is 1.62 bits per heavy atom. The first-order valence-corrected chi connectivity index (χ1v) is 9.33. The summed E-state index contributed by atoms with van der Waals surface area (Å²) >= 11 is 0. The minimum absolute atomic E-state index is 0.0278. The molecular weight excluding hydrogens is 336 g/mol. The van der Waals surface area contributed by atoms with Gasteiger partial charge in [-0.2, -0.15) is 0 Å². The molecule has 0 radical (unpaired) electrons. The third-order valence-corrected chi connectivity index (χ3v) is 3.93. The predicted octanol–water partition coefficient (Wildman–Crippen LogP) is 3.80. The Balaban J connectivity index is 3.38. The van der Waals surface area contributed by atoms with E-state index in [9.17, 15) is 19.2 Å². The van der Waals surface area contributed by atoms with Crippen LogP contribution in [0.1, 0.15) is 87.9 Å². The predicted molar refractivity (Wildman–Crippen MR) is 97.8 cm³/mol. The number of hydrogen-bond acceptors (Lipinski definition) is 6. The summed E-state index contributed by atoms with van der Waals surface area (Å²) in [6.07, 6.45) is 2.94. The lowest BCUT2D eigenvalue weighted by atomic mass is 10.0. The van der Waals surface area contributed by atoms with Crippen LogP contribution in [0.5, 0.6) is 5.75 Å². The fourth-order valence-corrected chi connectivity index (χ4v) is 2.76. The van der Waals surface area contributed by atoms with E-state index in [0.29, 0.717) is 37.0 Å². The summed E-state index contributed by atoms with van der Waals surface area (Å²) in [5.41, 5.74) is -0.464. The number of hydrogen-bond donors (Lipinski definition) is 0. The molecule has 6 heteroatoms. The molecule has 0 aliphatic rings. The summed E-state index contributed by atoms with van der Waals surface area (Å²) in [4.78, 5) is 48.7. The van der Waals surface area contributed by atoms with E-state index in [1.807, 2.05) is 27.7 Å². The van der Waals surface area contributed by atoms with Crippen molar-refractivity contribution in [3.05, 3.63) is 27.3 Å². The zero-order valence-electron chi connectivity index (χ0n) is 16.1. The highest BCUT2D eigenvalue weighted by molar-refractivity contribution is 6.01. The second-order valence-electron chi connectivity index (χ2n) is 6.21. The van der Waals surface area contributed by atoms with E-state index in [2.05, 4.69) is 0 Å². The topological polar surface area (TPSA) is 90.7 Å². The van der Waals surface area contributed by atoms with E-state index in [1.165, 1.54) is 0 Å². The highest BCUT2D eigenvalue weighted by atomic mass is 16.5. The molecule has 144 valence electrons. The lowest BCUT2D eigenvalue weighted by Gasteiger charge is -2.15. The smallest absolute Gasteiger partial charge is 0.350 e. The Kier molecular flexibility index (Phi) is 8.96. The summed E-state index contributed by atoms with van der Waals surface area (Å²) in [6, 6.07) is 0. The van der Waals surface area contributed by atoms with Gasteiger partial charge in [0.2, 0.25) is 0 Å². The molecule has 0 fully saturated rings. The van der Waals surface area contributed by atoms with E-state index < -0.39 is 17.4 Å². The molecule has 1 heterocycles. The van der Waals surface area contributed by atoms with E-state index in [0.717, 1.165) is 6.42 Å². The van der Waals surface area contributed by atoms with Gasteiger partial charge in [-0.15, -0.1) is 0 Å². The molecule has 0 unspecified atom stereocenters. The van der Waals surface area contributed by atoms with Crippen molar-refractivity contribution in [3.63, 3.8) is 0 Å². The zero-order valence-corrected chi connectivity index (χ0v) is 16.1. The molecule has 0 spiro atoms. The van der Waals surface area contributed by atoms with Gasteiger partial charge in [0.05, 0.1) is 0 Å². The van der Waals surface area contributed by atoms with Gasteiger partial charge in [-0.3, -0.25) is 14.4 Å². The minimum atomic E-state index is -0.785. The highest BCUT2D eigenvalue weighted by Gasteiger charge is 2.26. The van der Waals surface area contributed by atoms with Crippen LogP contribution < -0.4 is 10.4 Å². The number of ether oxygens (including phenoxy) is 1. The number of carbonyl (C=O) groups excluding carboxylic acids is 3. The van der Waals surface area contributed by atoms with Gasteiger partial charge in [0.15, 0.2) is 11.5 Å². The van der Waals surface area contributed by atoms with Crippen molar-refractivity contribution < 1.29 is 23.5 Å². The van der Waals surface area contributed by atoms with Crippen molar-refractivity contribution in [2.45, 2.75) is 79.1 Å². The molecule has 0 bridgehead atoms. The Morgan fingerprint density at radius 1 is 0.962 bits per heavy atom. The van der Waals surface area contributed by atoms with Gasteiger partial charge in [-0.1, -0.05) is 27.7 Å². The number of ketones is 2. The fourth-order valence-electron chi connectivity index (χ4n) is 2.76. The van der Waals surface area contributed by atoms with Gasteiger partial charge >= 0.3 is 11.6 Å². The van der Waals surface area contributed by atoms with Crippen LogP contribution in [0.4, 0.5) is 0 Å². The molecule has 0 N–H and O–H groups in total. The van der Waals surface area contributed by atoms with Crippen LogP contribution in [-0.2, 0) is 22.4 Å². The van der Waals surface area contributed by atoms with E-state index >= 15 is 0 Å². The van der Waals surface area contributed by atoms with Crippen LogP contribution in [0.15, 0.2) is 9.21 Å². The largest absolute Gasteiger partial charge is 0.427 e. The fraction of sp³-hybridized carbons (Fsp3) is 0.600. The first-order valence-electron chi connectivity index (χ1n) is 9.33. The summed E-state index contributed by atoms with van der Waals surface area (Å²) in [6.45, 7) is 7.44. The second-order valence-corrected chi connectivity index (χ2v) is 6.21. The molecule has 1 aromatic heterocycles. The molecule has 26 heavy (non-hydrogen) atoms. The summed E-state index contributed by atoms with van der Waals surface area (Å²) in [5, 5.41) is 0. The van der Waals surface area contributed by atoms with Gasteiger partial charge in [-0.05, 0) is 25.7 Å². The van der Waals surface area contributed by atoms with E-state index in [4.69, 9.17) is 9.15 Å². The molecule has 0 amide bonds. The van der Waals surface area contributed by atoms with E-state index in [1.54, 1.807) is 0 Å². The zero-order chi connectivity index (χ0) is 19.7. The normalized spacial score (nSPS) is 10.6. The third-order valence-electron chi connectivity index (χ3n) is 3.93. The minimum Gasteiger partial charge on any atom is -0.427 e. The van der Waals surface area contributed by atoms with Gasteiger partial charge < -0.3 is 9.15 Å². The number of rotatable bonds is 11. The van der Waals surface area contributed by atoms with Gasteiger partial charge in [0, 0.05) is 24.8 Å². The molecule has 0 aliphatic heterocycles. The Labute approximate surface area is 153 Å². The van der Waals surface area contributed by atoms with Crippen molar-refractivity contribution in [1.29, 1.82) is 0 Å². The van der Waals surface area contributed by atoms with Crippen LogP contribution in [0.3, 0.4) is 0 Å². The second kappa shape index (κ2) is 10.7. The molecule has 0 aliphatic carbocycles.